The molecule has 0 saturated carbocycles. The predicted molar refractivity (Wildman–Crippen MR) is 80.5 cm³/mol. The highest BCUT2D eigenvalue weighted by Gasteiger charge is 2.10. The minimum Gasteiger partial charge on any atom is -0.477 e. The molecule has 3 heteroatoms. The highest BCUT2D eigenvalue weighted by atomic mass is 16.5. The molecule has 0 aliphatic rings. The summed E-state index contributed by atoms with van der Waals surface area (Å²) in [5, 5.41) is 3.48. The van der Waals surface area contributed by atoms with Crippen LogP contribution in [-0.4, -0.2) is 17.1 Å². The van der Waals surface area contributed by atoms with Gasteiger partial charge in [-0.3, -0.25) is 0 Å². The molecule has 106 valence electrons. The van der Waals surface area contributed by atoms with Crippen LogP contribution in [0.3, 0.4) is 0 Å². The van der Waals surface area contributed by atoms with Crippen molar-refractivity contribution in [1.29, 1.82) is 0 Å². The molecule has 0 amide bonds. The topological polar surface area (TPSA) is 34.1 Å². The number of aromatic nitrogens is 1. The molecule has 1 rings (SSSR count). The minimum atomic E-state index is 0.111. The molecule has 0 radical (unpaired) electrons. The highest BCUT2D eigenvalue weighted by molar-refractivity contribution is 5.25. The molecule has 0 atom stereocenters. The molecule has 0 saturated heterocycles. The Morgan fingerprint density at radius 2 is 2.11 bits per heavy atom. The van der Waals surface area contributed by atoms with Crippen molar-refractivity contribution >= 4 is 0 Å². The fourth-order valence-corrected chi connectivity index (χ4v) is 1.59. The monoisotopic (exact) mass is 262 g/mol. The number of rotatable bonds is 7. The molecule has 0 unspecified atom stereocenters. The summed E-state index contributed by atoms with van der Waals surface area (Å²) in [7, 11) is 0. The van der Waals surface area contributed by atoms with Gasteiger partial charge in [-0.15, -0.1) is 6.58 Å². The molecule has 0 aliphatic carbocycles. The third kappa shape index (κ3) is 6.39. The third-order valence-electron chi connectivity index (χ3n) is 2.67. The molecule has 1 aromatic heterocycles. The van der Waals surface area contributed by atoms with Gasteiger partial charge in [0.15, 0.2) is 0 Å². The van der Waals surface area contributed by atoms with Gasteiger partial charge in [0.2, 0.25) is 5.88 Å². The lowest BCUT2D eigenvalue weighted by Gasteiger charge is -2.21. The average molecular weight is 262 g/mol. The van der Waals surface area contributed by atoms with Crippen molar-refractivity contribution in [2.45, 2.75) is 52.6 Å². The molecule has 3 nitrogen and oxygen atoms in total. The summed E-state index contributed by atoms with van der Waals surface area (Å²) < 4.78 is 5.65. The van der Waals surface area contributed by atoms with Gasteiger partial charge in [0.1, 0.15) is 0 Å². The normalized spacial score (nSPS) is 11.4. The van der Waals surface area contributed by atoms with E-state index in [9.17, 15) is 0 Å². The molecule has 0 fully saturated rings. The molecule has 1 heterocycles. The summed E-state index contributed by atoms with van der Waals surface area (Å²) in [6.45, 7) is 13.8. The summed E-state index contributed by atoms with van der Waals surface area (Å²) in [6.07, 6.45) is 3.61. The van der Waals surface area contributed by atoms with E-state index in [2.05, 4.69) is 50.6 Å². The summed E-state index contributed by atoms with van der Waals surface area (Å²) >= 11 is 0. The molecular weight excluding hydrogens is 236 g/mol. The SMILES string of the molecule is C=CCCOc1cc(CNC(C)(C)C)cc(CC)n1. The summed E-state index contributed by atoms with van der Waals surface area (Å²) in [5.74, 6) is 0.715. The molecule has 1 N–H and O–H groups in total. The number of aryl methyl sites for hydroxylation is 1. The van der Waals surface area contributed by atoms with E-state index in [0.29, 0.717) is 12.5 Å². The molecule has 1 aromatic rings. The maximum Gasteiger partial charge on any atom is 0.213 e. The van der Waals surface area contributed by atoms with Crippen molar-refractivity contribution in [1.82, 2.24) is 10.3 Å². The Morgan fingerprint density at radius 1 is 1.37 bits per heavy atom. The van der Waals surface area contributed by atoms with Crippen molar-refractivity contribution in [2.24, 2.45) is 0 Å². The van der Waals surface area contributed by atoms with Crippen LogP contribution in [0.4, 0.5) is 0 Å². The molecule has 0 aliphatic heterocycles. The van der Waals surface area contributed by atoms with E-state index in [4.69, 9.17) is 4.74 Å². The standard InChI is InChI=1S/C16H26N2O/c1-6-8-9-19-15-11-13(10-14(7-2)18-15)12-17-16(3,4)5/h6,10-11,17H,1,7-9,12H2,2-5H3. The number of pyridine rings is 1. The Balaban J connectivity index is 2.74. The second-order valence-electron chi connectivity index (χ2n) is 5.69. The fourth-order valence-electron chi connectivity index (χ4n) is 1.59. The number of nitrogens with one attached hydrogen (secondary N) is 1. The quantitative estimate of drug-likeness (QED) is 0.603. The van der Waals surface area contributed by atoms with Gasteiger partial charge < -0.3 is 10.1 Å². The van der Waals surface area contributed by atoms with Gasteiger partial charge in [-0.1, -0.05) is 13.0 Å². The van der Waals surface area contributed by atoms with Crippen molar-refractivity contribution in [2.75, 3.05) is 6.61 Å². The number of nitrogens with zero attached hydrogens (tertiary/aromatic N) is 1. The van der Waals surface area contributed by atoms with Gasteiger partial charge in [0, 0.05) is 23.8 Å². The van der Waals surface area contributed by atoms with Crippen LogP contribution in [-0.2, 0) is 13.0 Å². The Morgan fingerprint density at radius 3 is 2.68 bits per heavy atom. The van der Waals surface area contributed by atoms with Crippen LogP contribution in [0.1, 0.15) is 45.4 Å². The lowest BCUT2D eigenvalue weighted by Crippen LogP contribution is -2.35. The van der Waals surface area contributed by atoms with Crippen LogP contribution in [0.5, 0.6) is 5.88 Å². The van der Waals surface area contributed by atoms with Crippen molar-refractivity contribution < 1.29 is 4.74 Å². The van der Waals surface area contributed by atoms with Crippen LogP contribution in [0.25, 0.3) is 0 Å². The first-order valence-electron chi connectivity index (χ1n) is 6.93. The molecule has 0 spiro atoms. The smallest absolute Gasteiger partial charge is 0.213 e. The molecule has 0 aromatic carbocycles. The predicted octanol–water partition coefficient (Wildman–Crippen LogP) is 3.49. The lowest BCUT2D eigenvalue weighted by molar-refractivity contribution is 0.310. The largest absolute Gasteiger partial charge is 0.477 e. The van der Waals surface area contributed by atoms with Crippen molar-refractivity contribution in [3.05, 3.63) is 36.0 Å². The summed E-state index contributed by atoms with van der Waals surface area (Å²) in [6, 6.07) is 4.15. The first-order chi connectivity index (χ1) is 8.94. The zero-order chi connectivity index (χ0) is 14.3. The van der Waals surface area contributed by atoms with Crippen LogP contribution >= 0.6 is 0 Å². The van der Waals surface area contributed by atoms with E-state index in [1.165, 1.54) is 5.56 Å². The van der Waals surface area contributed by atoms with Crippen LogP contribution < -0.4 is 10.1 Å². The maximum atomic E-state index is 5.65. The zero-order valence-electron chi connectivity index (χ0n) is 12.6. The van der Waals surface area contributed by atoms with E-state index in [0.717, 1.165) is 25.1 Å². The first-order valence-corrected chi connectivity index (χ1v) is 6.93. The fraction of sp³-hybridized carbons (Fsp3) is 0.562. The van der Waals surface area contributed by atoms with Gasteiger partial charge >= 0.3 is 0 Å². The average Bonchev–Trinajstić information content (AvgIpc) is 2.36. The van der Waals surface area contributed by atoms with Crippen molar-refractivity contribution in [3.63, 3.8) is 0 Å². The minimum absolute atomic E-state index is 0.111. The van der Waals surface area contributed by atoms with E-state index in [1.54, 1.807) is 0 Å². The molecule has 19 heavy (non-hydrogen) atoms. The van der Waals surface area contributed by atoms with Crippen molar-refractivity contribution in [3.8, 4) is 5.88 Å². The van der Waals surface area contributed by atoms with Gasteiger partial charge in [-0.25, -0.2) is 4.98 Å². The lowest BCUT2D eigenvalue weighted by atomic mass is 10.1. The van der Waals surface area contributed by atoms with E-state index >= 15 is 0 Å². The Kier molecular flexibility index (Phi) is 6.03. The highest BCUT2D eigenvalue weighted by Crippen LogP contribution is 2.15. The van der Waals surface area contributed by atoms with Gasteiger partial charge in [0.05, 0.1) is 6.61 Å². The number of hydrogen-bond acceptors (Lipinski definition) is 3. The molecular formula is C16H26N2O. The second kappa shape index (κ2) is 7.29. The third-order valence-corrected chi connectivity index (χ3v) is 2.67. The van der Waals surface area contributed by atoms with Gasteiger partial charge in [0.25, 0.3) is 0 Å². The van der Waals surface area contributed by atoms with E-state index in [-0.39, 0.29) is 5.54 Å². The zero-order valence-corrected chi connectivity index (χ0v) is 12.6. The number of ether oxygens (including phenoxy) is 1. The second-order valence-corrected chi connectivity index (χ2v) is 5.69. The van der Waals surface area contributed by atoms with Gasteiger partial charge in [-0.05, 0) is 45.2 Å². The van der Waals surface area contributed by atoms with E-state index < -0.39 is 0 Å². The number of hydrogen-bond donors (Lipinski definition) is 1. The van der Waals surface area contributed by atoms with Gasteiger partial charge in [-0.2, -0.15) is 0 Å². The Labute approximate surface area is 117 Å². The van der Waals surface area contributed by atoms with E-state index in [1.807, 2.05) is 12.1 Å². The Hall–Kier alpha value is -1.35. The maximum absolute atomic E-state index is 5.65. The first kappa shape index (κ1) is 15.7. The van der Waals surface area contributed by atoms with Crippen LogP contribution in [0, 0.1) is 0 Å². The summed E-state index contributed by atoms with van der Waals surface area (Å²) in [4.78, 5) is 4.48. The summed E-state index contributed by atoms with van der Waals surface area (Å²) in [5.41, 5.74) is 2.40. The molecule has 0 bridgehead atoms. The van der Waals surface area contributed by atoms with Crippen LogP contribution in [0.2, 0.25) is 0 Å². The van der Waals surface area contributed by atoms with Crippen LogP contribution in [0.15, 0.2) is 24.8 Å². The Bertz CT molecular complexity index is 408.